The minimum atomic E-state index is -0.477. The van der Waals surface area contributed by atoms with Crippen molar-refractivity contribution in [2.75, 3.05) is 23.3 Å². The highest BCUT2D eigenvalue weighted by molar-refractivity contribution is 5.70. The van der Waals surface area contributed by atoms with Gasteiger partial charge in [0.1, 0.15) is 17.8 Å². The Morgan fingerprint density at radius 1 is 1.17 bits per heavy atom. The van der Waals surface area contributed by atoms with Crippen molar-refractivity contribution in [2.24, 2.45) is 0 Å². The molecule has 184 valence electrons. The first-order chi connectivity index (χ1) is 17.6. The van der Waals surface area contributed by atoms with Gasteiger partial charge in [-0.2, -0.15) is 9.67 Å². The van der Waals surface area contributed by atoms with Gasteiger partial charge in [0.2, 0.25) is 5.65 Å². The molecular formula is C22H23FN12O. The van der Waals surface area contributed by atoms with E-state index in [9.17, 15) is 4.39 Å². The Hall–Kier alpha value is -4.49. The summed E-state index contributed by atoms with van der Waals surface area (Å²) in [5, 5.41) is 26.9. The van der Waals surface area contributed by atoms with Gasteiger partial charge in [-0.1, -0.05) is 19.0 Å². The van der Waals surface area contributed by atoms with Crippen molar-refractivity contribution >= 4 is 23.2 Å². The smallest absolute Gasteiger partial charge is 0.324 e. The summed E-state index contributed by atoms with van der Waals surface area (Å²) in [6.07, 6.45) is 6.59. The first-order valence-corrected chi connectivity index (χ1v) is 11.6. The van der Waals surface area contributed by atoms with E-state index < -0.39 is 5.82 Å². The number of halogens is 1. The molecule has 1 saturated heterocycles. The number of hydrogen-bond donors (Lipinski definition) is 1. The highest BCUT2D eigenvalue weighted by atomic mass is 19.1. The van der Waals surface area contributed by atoms with Crippen LogP contribution in [0.5, 0.6) is 0 Å². The average Bonchev–Trinajstić information content (AvgIpc) is 3.65. The predicted molar refractivity (Wildman–Crippen MR) is 126 cm³/mol. The van der Waals surface area contributed by atoms with E-state index >= 15 is 0 Å². The van der Waals surface area contributed by atoms with Crippen molar-refractivity contribution < 1.29 is 8.91 Å². The maximum Gasteiger partial charge on any atom is 0.324 e. The normalized spacial score (nSPS) is 14.7. The number of benzene rings is 1. The van der Waals surface area contributed by atoms with E-state index in [-0.39, 0.29) is 17.5 Å². The zero-order valence-electron chi connectivity index (χ0n) is 19.7. The summed E-state index contributed by atoms with van der Waals surface area (Å²) in [5.74, 6) is 2.02. The molecule has 0 amide bonds. The third-order valence-electron chi connectivity index (χ3n) is 6.24. The fourth-order valence-electron chi connectivity index (χ4n) is 4.31. The number of aromatic nitrogens is 10. The fraction of sp³-hybridized carbons (Fsp3) is 0.364. The monoisotopic (exact) mass is 490 g/mol. The van der Waals surface area contributed by atoms with E-state index in [2.05, 4.69) is 51.1 Å². The predicted octanol–water partition coefficient (Wildman–Crippen LogP) is 2.87. The first kappa shape index (κ1) is 22.0. The molecule has 6 rings (SSSR count). The van der Waals surface area contributed by atoms with Crippen LogP contribution in [0.1, 0.15) is 50.2 Å². The summed E-state index contributed by atoms with van der Waals surface area (Å²) >= 11 is 0. The van der Waals surface area contributed by atoms with Crippen molar-refractivity contribution in [3.05, 3.63) is 54.4 Å². The molecule has 0 bridgehead atoms. The van der Waals surface area contributed by atoms with Gasteiger partial charge in [-0.05, 0) is 41.5 Å². The molecule has 5 aromatic rings. The number of nitrogens with one attached hydrogen (secondary N) is 1. The van der Waals surface area contributed by atoms with E-state index in [0.717, 1.165) is 31.8 Å². The van der Waals surface area contributed by atoms with E-state index in [1.165, 1.54) is 17.1 Å². The molecule has 1 N–H and O–H groups in total. The number of fused-ring (bicyclic) bond motifs is 1. The second-order valence-electron chi connectivity index (χ2n) is 8.92. The number of rotatable bonds is 6. The SMILES string of the molecule is CC(C)c1noc(N2CCC(c3nnc4c(Nc5ccc(-n6cnnn6)c(F)c5)nccn34)CC2)n1. The van der Waals surface area contributed by atoms with E-state index in [4.69, 9.17) is 4.52 Å². The van der Waals surface area contributed by atoms with Gasteiger partial charge in [0.15, 0.2) is 17.5 Å². The maximum absolute atomic E-state index is 14.6. The highest BCUT2D eigenvalue weighted by Crippen LogP contribution is 2.31. The van der Waals surface area contributed by atoms with Crippen LogP contribution in [0.25, 0.3) is 11.3 Å². The van der Waals surface area contributed by atoms with Gasteiger partial charge in [-0.25, -0.2) is 9.37 Å². The standard InChI is InChI=1S/C22H23FN12O/c1-13(2)18-27-22(36-30-18)33-8-5-14(6-9-33)20-28-29-21-19(24-7-10-34(20)21)26-15-3-4-17(16(23)11-15)35-12-25-31-32-35/h3-4,7,10-14H,5-6,8-9H2,1-2H3,(H,24,26). The molecule has 0 unspecified atom stereocenters. The Bertz CT molecular complexity index is 1490. The molecule has 0 aliphatic carbocycles. The summed E-state index contributed by atoms with van der Waals surface area (Å²) in [7, 11) is 0. The Morgan fingerprint density at radius 3 is 2.75 bits per heavy atom. The minimum absolute atomic E-state index is 0.215. The quantitative estimate of drug-likeness (QED) is 0.375. The van der Waals surface area contributed by atoms with Gasteiger partial charge in [-0.3, -0.25) is 4.40 Å². The van der Waals surface area contributed by atoms with Crippen molar-refractivity contribution in [3.8, 4) is 5.69 Å². The lowest BCUT2D eigenvalue weighted by Crippen LogP contribution is -2.33. The van der Waals surface area contributed by atoms with Crippen LogP contribution in [0.15, 0.2) is 41.4 Å². The zero-order chi connectivity index (χ0) is 24.6. The molecule has 1 fully saturated rings. The maximum atomic E-state index is 14.6. The number of nitrogens with zero attached hydrogens (tertiary/aromatic N) is 11. The molecule has 5 heterocycles. The van der Waals surface area contributed by atoms with Crippen LogP contribution < -0.4 is 10.2 Å². The van der Waals surface area contributed by atoms with E-state index in [1.807, 2.05) is 24.4 Å². The first-order valence-electron chi connectivity index (χ1n) is 11.6. The largest absolute Gasteiger partial charge is 0.337 e. The van der Waals surface area contributed by atoms with Crippen molar-refractivity contribution in [1.82, 2.24) is 49.9 Å². The van der Waals surface area contributed by atoms with Crippen LogP contribution in [0.4, 0.5) is 21.9 Å². The Labute approximate surface area is 204 Å². The van der Waals surface area contributed by atoms with Crippen molar-refractivity contribution in [2.45, 2.75) is 38.5 Å². The molecule has 0 atom stereocenters. The highest BCUT2D eigenvalue weighted by Gasteiger charge is 2.28. The van der Waals surface area contributed by atoms with Gasteiger partial charge >= 0.3 is 6.01 Å². The van der Waals surface area contributed by atoms with Crippen LogP contribution in [-0.4, -0.2) is 63.0 Å². The lowest BCUT2D eigenvalue weighted by molar-refractivity contribution is 0.384. The summed E-state index contributed by atoms with van der Waals surface area (Å²) in [6, 6.07) is 5.24. The second-order valence-corrected chi connectivity index (χ2v) is 8.92. The van der Waals surface area contributed by atoms with Crippen LogP contribution in [0, 0.1) is 5.82 Å². The molecule has 0 saturated carbocycles. The van der Waals surface area contributed by atoms with Crippen LogP contribution >= 0.6 is 0 Å². The van der Waals surface area contributed by atoms with Crippen LogP contribution in [0.3, 0.4) is 0 Å². The molecule has 1 aromatic carbocycles. The third-order valence-corrected chi connectivity index (χ3v) is 6.24. The van der Waals surface area contributed by atoms with E-state index in [1.54, 1.807) is 18.3 Å². The number of hydrogen-bond acceptors (Lipinski definition) is 11. The second kappa shape index (κ2) is 8.94. The topological polar surface area (TPSA) is 141 Å². The lowest BCUT2D eigenvalue weighted by Gasteiger charge is -2.29. The average molecular weight is 491 g/mol. The molecule has 13 nitrogen and oxygen atoms in total. The molecule has 4 aromatic heterocycles. The molecule has 14 heteroatoms. The van der Waals surface area contributed by atoms with Gasteiger partial charge < -0.3 is 14.7 Å². The van der Waals surface area contributed by atoms with Gasteiger partial charge in [-0.15, -0.1) is 15.3 Å². The molecule has 1 aliphatic rings. The Kier molecular flexibility index (Phi) is 5.47. The van der Waals surface area contributed by atoms with Gasteiger partial charge in [0, 0.05) is 43.0 Å². The fourth-order valence-corrected chi connectivity index (χ4v) is 4.31. The number of piperidine rings is 1. The molecule has 36 heavy (non-hydrogen) atoms. The lowest BCUT2D eigenvalue weighted by atomic mass is 9.96. The Balaban J connectivity index is 1.19. The third kappa shape index (κ3) is 3.99. The minimum Gasteiger partial charge on any atom is -0.337 e. The molecule has 0 radical (unpaired) electrons. The van der Waals surface area contributed by atoms with E-state index in [0.29, 0.717) is 29.0 Å². The van der Waals surface area contributed by atoms with Crippen molar-refractivity contribution in [3.63, 3.8) is 0 Å². The Morgan fingerprint density at radius 2 is 2.03 bits per heavy atom. The summed E-state index contributed by atoms with van der Waals surface area (Å²) < 4.78 is 23.3. The molecule has 1 aliphatic heterocycles. The summed E-state index contributed by atoms with van der Waals surface area (Å²) in [5.41, 5.74) is 1.33. The number of tetrazole rings is 1. The van der Waals surface area contributed by atoms with Gasteiger partial charge in [0.25, 0.3) is 0 Å². The molecule has 0 spiro atoms. The summed E-state index contributed by atoms with van der Waals surface area (Å²) in [6.45, 7) is 5.64. The number of anilines is 3. The van der Waals surface area contributed by atoms with Crippen molar-refractivity contribution in [1.29, 1.82) is 0 Å². The van der Waals surface area contributed by atoms with Crippen LogP contribution in [0.2, 0.25) is 0 Å². The summed E-state index contributed by atoms with van der Waals surface area (Å²) in [4.78, 5) is 11.0. The van der Waals surface area contributed by atoms with Gasteiger partial charge in [0.05, 0.1) is 0 Å². The molecular weight excluding hydrogens is 467 g/mol. The van der Waals surface area contributed by atoms with Crippen LogP contribution in [-0.2, 0) is 0 Å². The zero-order valence-corrected chi connectivity index (χ0v) is 19.7.